The van der Waals surface area contributed by atoms with Crippen molar-refractivity contribution >= 4 is 34.9 Å². The van der Waals surface area contributed by atoms with Crippen LogP contribution in [0.2, 0.25) is 10.0 Å². The number of nitrogens with zero attached hydrogens (tertiary/aromatic N) is 1. The van der Waals surface area contributed by atoms with E-state index in [2.05, 4.69) is 4.98 Å². The van der Waals surface area contributed by atoms with E-state index in [0.717, 1.165) is 12.8 Å². The molecule has 2 rings (SSSR count). The van der Waals surface area contributed by atoms with E-state index in [1.54, 1.807) is 0 Å². The summed E-state index contributed by atoms with van der Waals surface area (Å²) < 4.78 is 30.1. The molecule has 9 heteroatoms. The summed E-state index contributed by atoms with van der Waals surface area (Å²) in [6.07, 6.45) is 1.94. The number of aromatic nitrogens is 1. The van der Waals surface area contributed by atoms with Gasteiger partial charge < -0.3 is 19.9 Å². The zero-order chi connectivity index (χ0) is 20.7. The summed E-state index contributed by atoms with van der Waals surface area (Å²) >= 11 is 12.0. The molecule has 0 saturated carbocycles. The van der Waals surface area contributed by atoms with Gasteiger partial charge in [-0.2, -0.15) is 0 Å². The second-order valence-corrected chi connectivity index (χ2v) is 6.59. The highest BCUT2D eigenvalue weighted by molar-refractivity contribution is 6.35. The molecular formula is C19H21Cl2FN2O4. The second-order valence-electron chi connectivity index (χ2n) is 5.80. The number of esters is 1. The van der Waals surface area contributed by atoms with E-state index in [4.69, 9.17) is 43.1 Å². The van der Waals surface area contributed by atoms with Crippen LogP contribution in [0.5, 0.6) is 5.75 Å². The Hall–Kier alpha value is -2.09. The van der Waals surface area contributed by atoms with E-state index in [1.165, 1.54) is 25.3 Å². The van der Waals surface area contributed by atoms with E-state index in [9.17, 15) is 9.18 Å². The molecule has 0 atom stereocenters. The SMILES string of the molecule is CCCCOCCOC(=O)c1nc(-c2ccc(Cl)c(OC)c2F)cc(N)c1Cl. The van der Waals surface area contributed by atoms with Crippen LogP contribution < -0.4 is 10.5 Å². The average molecular weight is 431 g/mol. The Morgan fingerprint density at radius 2 is 2.00 bits per heavy atom. The van der Waals surface area contributed by atoms with Gasteiger partial charge in [-0.1, -0.05) is 36.5 Å². The molecule has 2 N–H and O–H groups in total. The minimum absolute atomic E-state index is 0.0355. The van der Waals surface area contributed by atoms with Gasteiger partial charge in [0.05, 0.1) is 35.1 Å². The van der Waals surface area contributed by atoms with Gasteiger partial charge in [0.2, 0.25) is 0 Å². The normalized spacial score (nSPS) is 10.8. The number of unbranched alkanes of at least 4 members (excludes halogenated alkanes) is 1. The van der Waals surface area contributed by atoms with Crippen LogP contribution in [0.25, 0.3) is 11.3 Å². The lowest BCUT2D eigenvalue weighted by Gasteiger charge is -2.12. The van der Waals surface area contributed by atoms with Gasteiger partial charge in [0.25, 0.3) is 0 Å². The van der Waals surface area contributed by atoms with E-state index in [1.807, 2.05) is 6.92 Å². The second kappa shape index (κ2) is 10.5. The van der Waals surface area contributed by atoms with Gasteiger partial charge in [0.15, 0.2) is 17.3 Å². The monoisotopic (exact) mass is 430 g/mol. The first kappa shape index (κ1) is 22.2. The van der Waals surface area contributed by atoms with Crippen molar-refractivity contribution in [3.63, 3.8) is 0 Å². The van der Waals surface area contributed by atoms with Crippen LogP contribution in [0.4, 0.5) is 10.1 Å². The van der Waals surface area contributed by atoms with Crippen molar-refractivity contribution in [3.8, 4) is 17.0 Å². The molecule has 1 heterocycles. The molecule has 152 valence electrons. The number of ether oxygens (including phenoxy) is 3. The van der Waals surface area contributed by atoms with Crippen LogP contribution in [0.15, 0.2) is 18.2 Å². The maximum Gasteiger partial charge on any atom is 0.358 e. The highest BCUT2D eigenvalue weighted by Gasteiger charge is 2.21. The van der Waals surface area contributed by atoms with Crippen molar-refractivity contribution in [2.45, 2.75) is 19.8 Å². The third-order valence-electron chi connectivity index (χ3n) is 3.81. The smallest absolute Gasteiger partial charge is 0.358 e. The molecule has 28 heavy (non-hydrogen) atoms. The standard InChI is InChI=1S/C19H21Cl2FN2O4/c1-3-4-7-27-8-9-28-19(25)17-15(21)13(23)10-14(24-17)11-5-6-12(20)18(26-2)16(11)22/h5-6,10H,3-4,7-9H2,1-2H3,(H2,23,24). The number of hydrogen-bond acceptors (Lipinski definition) is 6. The van der Waals surface area contributed by atoms with Crippen molar-refractivity contribution in [1.29, 1.82) is 0 Å². The fourth-order valence-electron chi connectivity index (χ4n) is 2.35. The first-order valence-electron chi connectivity index (χ1n) is 8.63. The number of carbonyl (C=O) groups is 1. The summed E-state index contributed by atoms with van der Waals surface area (Å²) in [5, 5.41) is 0.0374. The molecule has 1 aromatic heterocycles. The average Bonchev–Trinajstić information content (AvgIpc) is 2.67. The number of anilines is 1. The summed E-state index contributed by atoms with van der Waals surface area (Å²) in [6.45, 7) is 2.93. The van der Waals surface area contributed by atoms with Gasteiger partial charge in [0.1, 0.15) is 6.61 Å². The Labute approximate surface area is 172 Å². The largest absolute Gasteiger partial charge is 0.492 e. The van der Waals surface area contributed by atoms with Crippen molar-refractivity contribution < 1.29 is 23.4 Å². The molecule has 0 aliphatic rings. The number of pyridine rings is 1. The molecule has 0 aliphatic heterocycles. The molecule has 0 unspecified atom stereocenters. The molecule has 0 aliphatic carbocycles. The van der Waals surface area contributed by atoms with Crippen molar-refractivity contribution in [2.24, 2.45) is 0 Å². The molecule has 0 radical (unpaired) electrons. The number of benzene rings is 1. The van der Waals surface area contributed by atoms with Gasteiger partial charge in [0, 0.05) is 12.2 Å². The number of methoxy groups -OCH3 is 1. The summed E-state index contributed by atoms with van der Waals surface area (Å²) in [5.41, 5.74) is 5.88. The molecule has 2 aromatic rings. The maximum atomic E-state index is 14.7. The lowest BCUT2D eigenvalue weighted by molar-refractivity contribution is 0.0308. The lowest BCUT2D eigenvalue weighted by atomic mass is 10.1. The van der Waals surface area contributed by atoms with E-state index in [-0.39, 0.29) is 51.6 Å². The summed E-state index contributed by atoms with van der Waals surface area (Å²) in [4.78, 5) is 16.5. The molecule has 0 fully saturated rings. The highest BCUT2D eigenvalue weighted by atomic mass is 35.5. The van der Waals surface area contributed by atoms with Gasteiger partial charge in [-0.15, -0.1) is 0 Å². The Morgan fingerprint density at radius 1 is 1.25 bits per heavy atom. The first-order valence-corrected chi connectivity index (χ1v) is 9.39. The number of rotatable bonds is 9. The Kier molecular flexibility index (Phi) is 8.29. The topological polar surface area (TPSA) is 83.7 Å². The third-order valence-corrected chi connectivity index (χ3v) is 4.51. The van der Waals surface area contributed by atoms with Crippen molar-refractivity contribution in [2.75, 3.05) is 32.7 Å². The molecule has 0 saturated heterocycles. The fourth-order valence-corrected chi connectivity index (χ4v) is 2.75. The van der Waals surface area contributed by atoms with Crippen LogP contribution >= 0.6 is 23.2 Å². The molecule has 1 aromatic carbocycles. The minimum Gasteiger partial charge on any atom is -0.492 e. The number of carbonyl (C=O) groups excluding carboxylic acids is 1. The van der Waals surface area contributed by atoms with Gasteiger partial charge in [-0.25, -0.2) is 14.2 Å². The van der Waals surface area contributed by atoms with E-state index in [0.29, 0.717) is 6.61 Å². The highest BCUT2D eigenvalue weighted by Crippen LogP contribution is 2.36. The van der Waals surface area contributed by atoms with Crippen LogP contribution in [0.1, 0.15) is 30.3 Å². The number of nitrogens with two attached hydrogens (primary N) is 1. The van der Waals surface area contributed by atoms with Gasteiger partial charge in [-0.05, 0) is 24.6 Å². The molecule has 0 amide bonds. The fraction of sp³-hybridized carbons (Fsp3) is 0.368. The van der Waals surface area contributed by atoms with Crippen LogP contribution in [-0.4, -0.2) is 37.9 Å². The zero-order valence-electron chi connectivity index (χ0n) is 15.6. The first-order chi connectivity index (χ1) is 13.4. The summed E-state index contributed by atoms with van der Waals surface area (Å²) in [6, 6.07) is 4.22. The zero-order valence-corrected chi connectivity index (χ0v) is 17.1. The summed E-state index contributed by atoms with van der Waals surface area (Å²) in [7, 11) is 1.29. The van der Waals surface area contributed by atoms with Gasteiger partial charge in [-0.3, -0.25) is 0 Å². The number of hydrogen-bond donors (Lipinski definition) is 1. The quantitative estimate of drug-likeness (QED) is 0.455. The Balaban J connectivity index is 2.24. The van der Waals surface area contributed by atoms with Crippen LogP contribution in [-0.2, 0) is 9.47 Å². The predicted octanol–water partition coefficient (Wildman–Crippen LogP) is 4.76. The number of halogens is 3. The van der Waals surface area contributed by atoms with Crippen molar-refractivity contribution in [1.82, 2.24) is 4.98 Å². The van der Waals surface area contributed by atoms with Crippen LogP contribution in [0, 0.1) is 5.82 Å². The number of nitrogen functional groups attached to an aromatic ring is 1. The van der Waals surface area contributed by atoms with Gasteiger partial charge >= 0.3 is 5.97 Å². The van der Waals surface area contributed by atoms with E-state index < -0.39 is 11.8 Å². The minimum atomic E-state index is -0.779. The Bertz CT molecular complexity index is 849. The van der Waals surface area contributed by atoms with Crippen LogP contribution in [0.3, 0.4) is 0 Å². The molecular weight excluding hydrogens is 410 g/mol. The maximum absolute atomic E-state index is 14.7. The third kappa shape index (κ3) is 5.25. The summed E-state index contributed by atoms with van der Waals surface area (Å²) in [5.74, 6) is -1.64. The lowest BCUT2D eigenvalue weighted by Crippen LogP contribution is -2.14. The van der Waals surface area contributed by atoms with E-state index >= 15 is 0 Å². The molecule has 6 nitrogen and oxygen atoms in total. The molecule has 0 spiro atoms. The Morgan fingerprint density at radius 3 is 2.68 bits per heavy atom. The van der Waals surface area contributed by atoms with Crippen molar-refractivity contribution in [3.05, 3.63) is 39.8 Å². The molecule has 0 bridgehead atoms. The predicted molar refractivity (Wildman–Crippen MR) is 107 cm³/mol.